The molecule has 0 amide bonds. The number of fused-ring (bicyclic) bond motifs is 1. The van der Waals surface area contributed by atoms with E-state index in [9.17, 15) is 4.79 Å². The van der Waals surface area contributed by atoms with Gasteiger partial charge < -0.3 is 4.79 Å². The minimum atomic E-state index is 0.133. The molecule has 2 fully saturated rings. The highest BCUT2D eigenvalue weighted by molar-refractivity contribution is 5.57. The zero-order chi connectivity index (χ0) is 8.93. The van der Waals surface area contributed by atoms with E-state index in [0.717, 1.165) is 31.2 Å². The first-order valence-electron chi connectivity index (χ1n) is 4.76. The SMILES string of the molecule is CC(C=O)N1CC2C(C1)C2(C)C. The largest absolute Gasteiger partial charge is 0.302 e. The molecule has 0 aromatic heterocycles. The summed E-state index contributed by atoms with van der Waals surface area (Å²) in [6, 6.07) is 0.133. The van der Waals surface area contributed by atoms with Crippen LogP contribution in [0.5, 0.6) is 0 Å². The maximum Gasteiger partial charge on any atom is 0.136 e. The molecular formula is C10H17NO. The summed E-state index contributed by atoms with van der Waals surface area (Å²) in [6.45, 7) is 8.94. The number of hydrogen-bond donors (Lipinski definition) is 0. The molecule has 2 rings (SSSR count). The number of aldehydes is 1. The Morgan fingerprint density at radius 2 is 1.92 bits per heavy atom. The van der Waals surface area contributed by atoms with Crippen LogP contribution in [0.3, 0.4) is 0 Å². The standard InChI is InChI=1S/C10H17NO/c1-7(6-12)11-4-8-9(5-11)10(8,2)3/h6-9H,4-5H2,1-3H3. The molecule has 0 bridgehead atoms. The van der Waals surface area contributed by atoms with Crippen molar-refractivity contribution in [2.24, 2.45) is 17.3 Å². The fourth-order valence-electron chi connectivity index (χ4n) is 2.58. The first-order chi connectivity index (χ1) is 5.57. The molecule has 0 aromatic rings. The van der Waals surface area contributed by atoms with Gasteiger partial charge >= 0.3 is 0 Å². The molecule has 1 saturated carbocycles. The highest BCUT2D eigenvalue weighted by Crippen LogP contribution is 2.62. The third-order valence-corrected chi connectivity index (χ3v) is 3.92. The third-order valence-electron chi connectivity index (χ3n) is 3.92. The van der Waals surface area contributed by atoms with E-state index in [2.05, 4.69) is 18.7 Å². The van der Waals surface area contributed by atoms with Crippen molar-refractivity contribution < 1.29 is 4.79 Å². The van der Waals surface area contributed by atoms with E-state index >= 15 is 0 Å². The normalized spacial score (nSPS) is 40.6. The Morgan fingerprint density at radius 1 is 1.42 bits per heavy atom. The van der Waals surface area contributed by atoms with Crippen LogP contribution in [0.4, 0.5) is 0 Å². The van der Waals surface area contributed by atoms with Crippen LogP contribution in [0.1, 0.15) is 20.8 Å². The fraction of sp³-hybridized carbons (Fsp3) is 0.900. The lowest BCUT2D eigenvalue weighted by Gasteiger charge is -2.24. The number of piperidine rings is 1. The van der Waals surface area contributed by atoms with E-state index in [1.807, 2.05) is 6.92 Å². The number of carbonyl (C=O) groups is 1. The summed E-state index contributed by atoms with van der Waals surface area (Å²) >= 11 is 0. The van der Waals surface area contributed by atoms with Crippen LogP contribution < -0.4 is 0 Å². The van der Waals surface area contributed by atoms with E-state index in [4.69, 9.17) is 0 Å². The Balaban J connectivity index is 1.94. The van der Waals surface area contributed by atoms with Crippen LogP contribution in [0.2, 0.25) is 0 Å². The zero-order valence-corrected chi connectivity index (χ0v) is 8.08. The van der Waals surface area contributed by atoms with Gasteiger partial charge in [-0.3, -0.25) is 4.90 Å². The third kappa shape index (κ3) is 0.939. The van der Waals surface area contributed by atoms with Crippen molar-refractivity contribution in [2.75, 3.05) is 13.1 Å². The minimum absolute atomic E-state index is 0.133. The molecule has 2 heteroatoms. The molecule has 68 valence electrons. The molecule has 3 unspecified atom stereocenters. The summed E-state index contributed by atoms with van der Waals surface area (Å²) < 4.78 is 0. The van der Waals surface area contributed by atoms with Gasteiger partial charge in [0.15, 0.2) is 0 Å². The molecule has 1 aliphatic carbocycles. The summed E-state index contributed by atoms with van der Waals surface area (Å²) in [5.41, 5.74) is 0.569. The van der Waals surface area contributed by atoms with E-state index in [-0.39, 0.29) is 6.04 Å². The Bertz CT molecular complexity index is 198. The second-order valence-corrected chi connectivity index (χ2v) is 4.86. The molecule has 1 heterocycles. The molecule has 2 aliphatic rings. The van der Waals surface area contributed by atoms with Gasteiger partial charge in [-0.2, -0.15) is 0 Å². The quantitative estimate of drug-likeness (QED) is 0.575. The number of nitrogens with zero attached hydrogens (tertiary/aromatic N) is 1. The van der Waals surface area contributed by atoms with E-state index in [1.165, 1.54) is 0 Å². The van der Waals surface area contributed by atoms with Crippen molar-refractivity contribution in [1.29, 1.82) is 0 Å². The topological polar surface area (TPSA) is 20.3 Å². The van der Waals surface area contributed by atoms with Gasteiger partial charge in [0.05, 0.1) is 6.04 Å². The van der Waals surface area contributed by atoms with E-state index in [1.54, 1.807) is 0 Å². The van der Waals surface area contributed by atoms with Crippen molar-refractivity contribution >= 4 is 6.29 Å². The summed E-state index contributed by atoms with van der Waals surface area (Å²) in [4.78, 5) is 12.8. The maximum absolute atomic E-state index is 10.5. The Kier molecular flexibility index (Phi) is 1.59. The molecular weight excluding hydrogens is 150 g/mol. The van der Waals surface area contributed by atoms with Crippen molar-refractivity contribution in [2.45, 2.75) is 26.8 Å². The van der Waals surface area contributed by atoms with Gasteiger partial charge in [-0.15, -0.1) is 0 Å². The fourth-order valence-corrected chi connectivity index (χ4v) is 2.58. The highest BCUT2D eigenvalue weighted by Gasteiger charge is 2.62. The molecule has 1 aliphatic heterocycles. The first kappa shape index (κ1) is 8.24. The van der Waals surface area contributed by atoms with Gasteiger partial charge in [0, 0.05) is 13.1 Å². The number of carbonyl (C=O) groups excluding carboxylic acids is 1. The summed E-state index contributed by atoms with van der Waals surface area (Å²) in [5, 5.41) is 0. The smallest absolute Gasteiger partial charge is 0.136 e. The predicted octanol–water partition coefficient (Wildman–Crippen LogP) is 1.16. The second-order valence-electron chi connectivity index (χ2n) is 4.86. The average molecular weight is 167 g/mol. The van der Waals surface area contributed by atoms with Gasteiger partial charge in [-0.1, -0.05) is 13.8 Å². The average Bonchev–Trinajstić information content (AvgIpc) is 2.52. The summed E-state index contributed by atoms with van der Waals surface area (Å²) in [7, 11) is 0. The molecule has 0 radical (unpaired) electrons. The lowest BCUT2D eigenvalue weighted by Crippen LogP contribution is -2.35. The van der Waals surface area contributed by atoms with Crippen LogP contribution in [0.25, 0.3) is 0 Å². The first-order valence-corrected chi connectivity index (χ1v) is 4.76. The number of hydrogen-bond acceptors (Lipinski definition) is 2. The predicted molar refractivity (Wildman–Crippen MR) is 47.9 cm³/mol. The molecule has 1 saturated heterocycles. The van der Waals surface area contributed by atoms with E-state index < -0.39 is 0 Å². The van der Waals surface area contributed by atoms with E-state index in [0.29, 0.717) is 5.41 Å². The highest BCUT2D eigenvalue weighted by atomic mass is 16.1. The molecule has 0 spiro atoms. The number of likely N-dealkylation sites (tertiary alicyclic amines) is 1. The van der Waals surface area contributed by atoms with Crippen LogP contribution in [0.15, 0.2) is 0 Å². The zero-order valence-electron chi connectivity index (χ0n) is 8.08. The maximum atomic E-state index is 10.5. The van der Waals surface area contributed by atoms with Gasteiger partial charge in [0.1, 0.15) is 6.29 Å². The lowest BCUT2D eigenvalue weighted by atomic mass is 10.1. The van der Waals surface area contributed by atoms with Crippen LogP contribution in [-0.2, 0) is 4.79 Å². The van der Waals surface area contributed by atoms with Gasteiger partial charge in [-0.05, 0) is 24.2 Å². The van der Waals surface area contributed by atoms with Crippen LogP contribution >= 0.6 is 0 Å². The molecule has 3 atom stereocenters. The Hall–Kier alpha value is -0.370. The molecule has 12 heavy (non-hydrogen) atoms. The monoisotopic (exact) mass is 167 g/mol. The van der Waals surface area contributed by atoms with Crippen LogP contribution in [0, 0.1) is 17.3 Å². The minimum Gasteiger partial charge on any atom is -0.302 e. The molecule has 0 N–H and O–H groups in total. The van der Waals surface area contributed by atoms with Crippen molar-refractivity contribution in [3.8, 4) is 0 Å². The van der Waals surface area contributed by atoms with Crippen molar-refractivity contribution in [1.82, 2.24) is 4.90 Å². The lowest BCUT2D eigenvalue weighted by molar-refractivity contribution is -0.111. The van der Waals surface area contributed by atoms with Crippen molar-refractivity contribution in [3.63, 3.8) is 0 Å². The molecule has 2 nitrogen and oxygen atoms in total. The summed E-state index contributed by atoms with van der Waals surface area (Å²) in [5.74, 6) is 1.72. The summed E-state index contributed by atoms with van der Waals surface area (Å²) in [6.07, 6.45) is 1.05. The second kappa shape index (κ2) is 2.32. The number of rotatable bonds is 2. The van der Waals surface area contributed by atoms with Gasteiger partial charge in [0.25, 0.3) is 0 Å². The van der Waals surface area contributed by atoms with Crippen LogP contribution in [-0.4, -0.2) is 30.3 Å². The van der Waals surface area contributed by atoms with Gasteiger partial charge in [0.2, 0.25) is 0 Å². The van der Waals surface area contributed by atoms with Crippen molar-refractivity contribution in [3.05, 3.63) is 0 Å². The Morgan fingerprint density at radius 3 is 2.33 bits per heavy atom. The van der Waals surface area contributed by atoms with Gasteiger partial charge in [-0.25, -0.2) is 0 Å². The molecule has 0 aromatic carbocycles. The Labute approximate surface area is 73.9 Å².